The van der Waals surface area contributed by atoms with Crippen LogP contribution in [0.15, 0.2) is 48.5 Å². The summed E-state index contributed by atoms with van der Waals surface area (Å²) in [6.45, 7) is 10.5. The molecule has 14 heteroatoms. The zero-order valence-corrected chi connectivity index (χ0v) is 33.2. The van der Waals surface area contributed by atoms with Gasteiger partial charge in [0.1, 0.15) is 28.8 Å². The highest BCUT2D eigenvalue weighted by molar-refractivity contribution is 6.11. The molecule has 3 aromatic rings. The predicted octanol–water partition coefficient (Wildman–Crippen LogP) is 6.59. The molecule has 0 radical (unpaired) electrons. The summed E-state index contributed by atoms with van der Waals surface area (Å²) in [4.78, 5) is 57.8. The number of halogens is 1. The zero-order valence-electron chi connectivity index (χ0n) is 33.2. The number of methoxy groups -OCH3 is 2. The van der Waals surface area contributed by atoms with E-state index in [0.717, 1.165) is 24.0 Å². The first kappa shape index (κ1) is 41.9. The van der Waals surface area contributed by atoms with Crippen LogP contribution in [0.4, 0.5) is 14.9 Å². The molecule has 0 unspecified atom stereocenters. The molecule has 56 heavy (non-hydrogen) atoms. The number of carbonyl (C=O) groups is 4. The van der Waals surface area contributed by atoms with Gasteiger partial charge >= 0.3 is 12.1 Å². The van der Waals surface area contributed by atoms with Crippen LogP contribution in [0.2, 0.25) is 0 Å². The van der Waals surface area contributed by atoms with Crippen LogP contribution in [-0.4, -0.2) is 100 Å². The molecule has 2 atom stereocenters. The maximum Gasteiger partial charge on any atom is 0.410 e. The van der Waals surface area contributed by atoms with Crippen molar-refractivity contribution in [3.63, 3.8) is 0 Å². The highest BCUT2D eigenvalue weighted by Gasteiger charge is 2.35. The fourth-order valence-corrected chi connectivity index (χ4v) is 6.89. The highest BCUT2D eigenvalue weighted by atomic mass is 19.1. The monoisotopic (exact) mass is 777 g/mol. The number of anilines is 1. The van der Waals surface area contributed by atoms with Crippen molar-refractivity contribution >= 4 is 29.4 Å². The number of likely N-dealkylation sites (tertiary alicyclic amines) is 1. The molecule has 0 bridgehead atoms. The van der Waals surface area contributed by atoms with E-state index in [9.17, 15) is 19.2 Å². The van der Waals surface area contributed by atoms with Crippen molar-refractivity contribution in [2.24, 2.45) is 0 Å². The van der Waals surface area contributed by atoms with Gasteiger partial charge in [-0.1, -0.05) is 12.1 Å². The van der Waals surface area contributed by atoms with Gasteiger partial charge in [0.25, 0.3) is 5.91 Å². The summed E-state index contributed by atoms with van der Waals surface area (Å²) in [7, 11) is 2.95. The Morgan fingerprint density at radius 2 is 1.45 bits per heavy atom. The number of ketones is 1. The van der Waals surface area contributed by atoms with Gasteiger partial charge in [0.15, 0.2) is 25.2 Å². The third-order valence-electron chi connectivity index (χ3n) is 9.53. The number of ether oxygens (including phenoxy) is 6. The SMILES string of the molecule is COCOc1ccc(N2CCCC2)c(F)c1C(=O)c1ccc(C(=O)O[C@@H]2CCCN(C(=O)OC(C)(C)C)C[C@H]2NC(=O)c2cc(C)c(OCOC)c(C)c2)cc1. The summed E-state index contributed by atoms with van der Waals surface area (Å²) in [5, 5.41) is 3.00. The Morgan fingerprint density at radius 3 is 2.07 bits per heavy atom. The number of rotatable bonds is 13. The molecular formula is C42H52FN3O10. The Labute approximate surface area is 327 Å². The van der Waals surface area contributed by atoms with Gasteiger partial charge in [-0.3, -0.25) is 9.59 Å². The summed E-state index contributed by atoms with van der Waals surface area (Å²) < 4.78 is 49.0. The molecule has 2 amide bonds. The quantitative estimate of drug-likeness (QED) is 0.114. The molecule has 2 aliphatic rings. The second kappa shape index (κ2) is 18.6. The summed E-state index contributed by atoms with van der Waals surface area (Å²) >= 11 is 0. The van der Waals surface area contributed by atoms with Crippen molar-refractivity contribution in [1.29, 1.82) is 0 Å². The van der Waals surface area contributed by atoms with Crippen LogP contribution < -0.4 is 19.7 Å². The zero-order chi connectivity index (χ0) is 40.6. The van der Waals surface area contributed by atoms with Gasteiger partial charge in [0.2, 0.25) is 0 Å². The van der Waals surface area contributed by atoms with E-state index in [-0.39, 0.29) is 42.6 Å². The van der Waals surface area contributed by atoms with Gasteiger partial charge < -0.3 is 43.5 Å². The standard InChI is InChI=1S/C42H52FN3O10/c1-26-21-30(22-27(2)38(26)54-25-52-7)39(48)44-31-23-46(41(50)56-42(3,4)5)20-10-11-33(31)55-40(49)29-14-12-28(13-15-29)37(47)35-34(53-24-51-6)17-16-32(36(35)43)45-18-8-9-19-45/h12-17,21-22,31,33H,8-11,18-20,23-25H2,1-7H3,(H,44,48)/t31-,33-/m1/s1. The summed E-state index contributed by atoms with van der Waals surface area (Å²) in [5.41, 5.74) is 1.45. The molecule has 3 aromatic carbocycles. The number of nitrogens with zero attached hydrogens (tertiary/aromatic N) is 2. The molecular weight excluding hydrogens is 725 g/mol. The topological polar surface area (TPSA) is 142 Å². The van der Waals surface area contributed by atoms with E-state index in [1.165, 1.54) is 43.4 Å². The van der Waals surface area contributed by atoms with Gasteiger partial charge in [0.05, 0.1) is 17.3 Å². The summed E-state index contributed by atoms with van der Waals surface area (Å²) in [6, 6.07) is 11.5. The van der Waals surface area contributed by atoms with Crippen molar-refractivity contribution in [3.05, 3.63) is 87.7 Å². The number of amides is 2. The molecule has 2 aliphatic heterocycles. The Kier molecular flexibility index (Phi) is 13.9. The number of hydrogen-bond acceptors (Lipinski definition) is 11. The van der Waals surface area contributed by atoms with Crippen LogP contribution in [-0.2, 0) is 18.9 Å². The molecule has 2 fully saturated rings. The molecule has 302 valence electrons. The van der Waals surface area contributed by atoms with Gasteiger partial charge in [-0.15, -0.1) is 0 Å². The summed E-state index contributed by atoms with van der Waals surface area (Å²) in [5.74, 6) is -1.78. The number of esters is 1. The van der Waals surface area contributed by atoms with Crippen LogP contribution in [0, 0.1) is 19.7 Å². The lowest BCUT2D eigenvalue weighted by molar-refractivity contribution is 0.0127. The molecule has 5 rings (SSSR count). The minimum Gasteiger partial charge on any atom is -0.467 e. The van der Waals surface area contributed by atoms with Crippen LogP contribution in [0.3, 0.4) is 0 Å². The Bertz CT molecular complexity index is 1870. The minimum absolute atomic E-state index is 0.0224. The van der Waals surface area contributed by atoms with E-state index in [2.05, 4.69) is 5.32 Å². The lowest BCUT2D eigenvalue weighted by atomic mass is 9.99. The van der Waals surface area contributed by atoms with Crippen molar-refractivity contribution in [2.75, 3.05) is 58.9 Å². The Hall–Kier alpha value is -5.21. The smallest absolute Gasteiger partial charge is 0.410 e. The van der Waals surface area contributed by atoms with E-state index in [1.807, 2.05) is 18.7 Å². The van der Waals surface area contributed by atoms with Crippen molar-refractivity contribution < 1.29 is 52.0 Å². The molecule has 2 saturated heterocycles. The normalized spacial score (nSPS) is 17.2. The van der Waals surface area contributed by atoms with E-state index < -0.39 is 47.3 Å². The van der Waals surface area contributed by atoms with Gasteiger partial charge in [-0.25, -0.2) is 14.0 Å². The van der Waals surface area contributed by atoms with Crippen molar-refractivity contribution in [3.8, 4) is 11.5 Å². The van der Waals surface area contributed by atoms with E-state index in [1.54, 1.807) is 45.0 Å². The van der Waals surface area contributed by atoms with Gasteiger partial charge in [-0.05, 0) is 108 Å². The van der Waals surface area contributed by atoms with E-state index >= 15 is 4.39 Å². The lowest BCUT2D eigenvalue weighted by Gasteiger charge is -2.30. The number of carbonyl (C=O) groups excluding carboxylic acids is 4. The number of aryl methyl sites for hydroxylation is 2. The maximum atomic E-state index is 16.0. The Balaban J connectivity index is 1.37. The molecule has 0 aromatic heterocycles. The molecule has 1 N–H and O–H groups in total. The van der Waals surface area contributed by atoms with Gasteiger partial charge in [0, 0.05) is 51.5 Å². The fourth-order valence-electron chi connectivity index (χ4n) is 6.89. The first-order valence-electron chi connectivity index (χ1n) is 18.8. The lowest BCUT2D eigenvalue weighted by Crippen LogP contribution is -2.51. The van der Waals surface area contributed by atoms with Crippen LogP contribution >= 0.6 is 0 Å². The Morgan fingerprint density at radius 1 is 0.821 bits per heavy atom. The minimum atomic E-state index is -0.824. The third kappa shape index (κ3) is 10.3. The number of benzene rings is 3. The second-order valence-corrected chi connectivity index (χ2v) is 15.0. The number of nitrogens with one attached hydrogen (secondary N) is 1. The first-order valence-corrected chi connectivity index (χ1v) is 18.8. The fraction of sp³-hybridized carbons (Fsp3) is 0.476. The highest BCUT2D eigenvalue weighted by Crippen LogP contribution is 2.34. The van der Waals surface area contributed by atoms with Crippen molar-refractivity contribution in [2.45, 2.75) is 78.0 Å². The van der Waals surface area contributed by atoms with Crippen LogP contribution in [0.25, 0.3) is 0 Å². The van der Waals surface area contributed by atoms with Crippen molar-refractivity contribution in [1.82, 2.24) is 10.2 Å². The first-order chi connectivity index (χ1) is 26.7. The molecule has 0 spiro atoms. The van der Waals surface area contributed by atoms with Crippen LogP contribution in [0.1, 0.15) is 94.2 Å². The molecule has 0 saturated carbocycles. The predicted molar refractivity (Wildman–Crippen MR) is 206 cm³/mol. The largest absolute Gasteiger partial charge is 0.467 e. The van der Waals surface area contributed by atoms with E-state index in [4.69, 9.17) is 28.4 Å². The second-order valence-electron chi connectivity index (χ2n) is 15.0. The molecule has 13 nitrogen and oxygen atoms in total. The molecule has 0 aliphatic carbocycles. The summed E-state index contributed by atoms with van der Waals surface area (Å²) in [6.07, 6.45) is 1.29. The maximum absolute atomic E-state index is 16.0. The third-order valence-corrected chi connectivity index (χ3v) is 9.53. The number of hydrogen-bond donors (Lipinski definition) is 1. The van der Waals surface area contributed by atoms with Gasteiger partial charge in [-0.2, -0.15) is 0 Å². The average Bonchev–Trinajstić information content (AvgIpc) is 3.62. The molecule has 2 heterocycles. The van der Waals surface area contributed by atoms with E-state index in [0.29, 0.717) is 49.5 Å². The average molecular weight is 778 g/mol. The van der Waals surface area contributed by atoms with Crippen LogP contribution in [0.5, 0.6) is 11.5 Å².